The summed E-state index contributed by atoms with van der Waals surface area (Å²) in [6.45, 7) is 0. The molecule has 2 rings (SSSR count). The van der Waals surface area contributed by atoms with Crippen molar-refractivity contribution in [3.63, 3.8) is 0 Å². The van der Waals surface area contributed by atoms with Crippen molar-refractivity contribution < 1.29 is 12.9 Å². The van der Waals surface area contributed by atoms with Gasteiger partial charge in [-0.25, -0.2) is 4.98 Å². The summed E-state index contributed by atoms with van der Waals surface area (Å²) >= 11 is 0.708. The van der Waals surface area contributed by atoms with Gasteiger partial charge >= 0.3 is 0 Å². The second-order valence-corrected chi connectivity index (χ2v) is 3.14. The van der Waals surface area contributed by atoms with Gasteiger partial charge in [0.1, 0.15) is 17.7 Å². The monoisotopic (exact) mass is 224 g/mol. The van der Waals surface area contributed by atoms with Gasteiger partial charge in [-0.1, -0.05) is 0 Å². The van der Waals surface area contributed by atoms with Crippen molar-refractivity contribution in [3.05, 3.63) is 36.9 Å². The highest BCUT2D eigenvalue weighted by Crippen LogP contribution is 2.22. The normalized spacial score (nSPS) is 10.2. The molecule has 2 N–H and O–H groups in total. The molecule has 5 nitrogen and oxygen atoms in total. The fourth-order valence-electron chi connectivity index (χ4n) is 1.10. The van der Waals surface area contributed by atoms with Crippen LogP contribution in [0, 0.1) is 0 Å². The Labute approximate surface area is 90.6 Å². The average Bonchev–Trinajstić information content (AvgIpc) is 2.80. The van der Waals surface area contributed by atoms with Gasteiger partial charge in [-0.2, -0.15) is 10.2 Å². The smallest absolute Gasteiger partial charge is 0.244 e. The number of hydrogen-bond acceptors (Lipinski definition) is 6. The lowest BCUT2D eigenvalue weighted by atomic mass is 10.2. The molecule has 0 bridgehead atoms. The first kappa shape index (κ1) is 10.0. The van der Waals surface area contributed by atoms with Crippen LogP contribution in [0.15, 0.2) is 41.3 Å². The number of hydrogen-bond donors (Lipinski definition) is 1. The molecule has 0 saturated heterocycles. The van der Waals surface area contributed by atoms with Crippen molar-refractivity contribution in [1.82, 2.24) is 4.98 Å². The molecule has 15 heavy (non-hydrogen) atoms. The second-order valence-electron chi connectivity index (χ2n) is 2.65. The van der Waals surface area contributed by atoms with Gasteiger partial charge in [0.15, 0.2) is 6.39 Å². The van der Waals surface area contributed by atoms with E-state index in [4.69, 9.17) is 14.5 Å². The molecule has 2 aromatic rings. The quantitative estimate of drug-likeness (QED) is 0.634. The largest absolute Gasteiger partial charge is 0.451 e. The first-order valence-electron chi connectivity index (χ1n) is 4.09. The van der Waals surface area contributed by atoms with E-state index in [2.05, 4.69) is 9.27 Å². The molecule has 0 atom stereocenters. The van der Waals surface area contributed by atoms with Crippen LogP contribution in [0.1, 0.15) is 0 Å². The SMILES string of the molecule is NOSOc1ccc(-c2cocn2)cc1. The molecule has 0 amide bonds. The van der Waals surface area contributed by atoms with E-state index in [1.54, 1.807) is 18.4 Å². The van der Waals surface area contributed by atoms with Crippen molar-refractivity contribution in [2.24, 2.45) is 5.90 Å². The van der Waals surface area contributed by atoms with Crippen LogP contribution in [-0.4, -0.2) is 4.98 Å². The second kappa shape index (κ2) is 4.83. The van der Waals surface area contributed by atoms with Gasteiger partial charge < -0.3 is 8.60 Å². The van der Waals surface area contributed by atoms with Crippen LogP contribution in [0.2, 0.25) is 0 Å². The number of benzene rings is 1. The molecule has 1 aromatic carbocycles. The molecule has 0 fully saturated rings. The van der Waals surface area contributed by atoms with Crippen LogP contribution in [0.4, 0.5) is 0 Å². The number of aromatic nitrogens is 1. The Hall–Kier alpha value is -1.50. The Kier molecular flexibility index (Phi) is 3.23. The van der Waals surface area contributed by atoms with E-state index in [0.717, 1.165) is 11.3 Å². The molecule has 1 heterocycles. The van der Waals surface area contributed by atoms with Gasteiger partial charge in [-0.3, -0.25) is 0 Å². The summed E-state index contributed by atoms with van der Waals surface area (Å²) in [5, 5.41) is 0. The fourth-order valence-corrected chi connectivity index (χ4v) is 1.32. The van der Waals surface area contributed by atoms with Crippen LogP contribution in [-0.2, 0) is 4.28 Å². The van der Waals surface area contributed by atoms with Crippen LogP contribution < -0.4 is 10.1 Å². The minimum Gasteiger partial charge on any atom is -0.451 e. The summed E-state index contributed by atoms with van der Waals surface area (Å²) in [7, 11) is 0. The summed E-state index contributed by atoms with van der Waals surface area (Å²) in [6.07, 6.45) is 2.96. The summed E-state index contributed by atoms with van der Waals surface area (Å²) in [4.78, 5) is 4.02. The van der Waals surface area contributed by atoms with E-state index in [0.29, 0.717) is 18.1 Å². The van der Waals surface area contributed by atoms with Gasteiger partial charge in [0, 0.05) is 5.56 Å². The lowest BCUT2D eigenvalue weighted by Gasteiger charge is -2.01. The highest BCUT2D eigenvalue weighted by Gasteiger charge is 2.01. The third kappa shape index (κ3) is 2.50. The van der Waals surface area contributed by atoms with E-state index in [9.17, 15) is 0 Å². The summed E-state index contributed by atoms with van der Waals surface area (Å²) in [5.41, 5.74) is 1.74. The average molecular weight is 224 g/mol. The zero-order chi connectivity index (χ0) is 10.5. The zero-order valence-corrected chi connectivity index (χ0v) is 8.44. The van der Waals surface area contributed by atoms with Gasteiger partial charge in [0.05, 0.1) is 0 Å². The van der Waals surface area contributed by atoms with Crippen LogP contribution in [0.5, 0.6) is 5.75 Å². The Balaban J connectivity index is 2.11. The zero-order valence-electron chi connectivity index (χ0n) is 7.62. The van der Waals surface area contributed by atoms with Gasteiger partial charge in [-0.05, 0) is 24.3 Å². The highest BCUT2D eigenvalue weighted by molar-refractivity contribution is 7.90. The van der Waals surface area contributed by atoms with Gasteiger partial charge in [0.25, 0.3) is 0 Å². The molecule has 78 valence electrons. The van der Waals surface area contributed by atoms with Gasteiger partial charge in [-0.15, -0.1) is 0 Å². The van der Waals surface area contributed by atoms with E-state index < -0.39 is 0 Å². The van der Waals surface area contributed by atoms with E-state index in [1.165, 1.54) is 6.39 Å². The first-order chi connectivity index (χ1) is 7.40. The Morgan fingerprint density at radius 2 is 2.07 bits per heavy atom. The summed E-state index contributed by atoms with van der Waals surface area (Å²) in [5.74, 6) is 5.45. The number of nitrogens with zero attached hydrogens (tertiary/aromatic N) is 1. The molecule has 0 aliphatic heterocycles. The Morgan fingerprint density at radius 1 is 1.27 bits per heavy atom. The van der Waals surface area contributed by atoms with Crippen molar-refractivity contribution in [2.75, 3.05) is 0 Å². The van der Waals surface area contributed by atoms with E-state index in [-0.39, 0.29) is 0 Å². The minimum absolute atomic E-state index is 0.651. The van der Waals surface area contributed by atoms with Crippen LogP contribution in [0.3, 0.4) is 0 Å². The lowest BCUT2D eigenvalue weighted by molar-refractivity contribution is 0.365. The maximum Gasteiger partial charge on any atom is 0.244 e. The Bertz CT molecular complexity index is 402. The van der Waals surface area contributed by atoms with Crippen molar-refractivity contribution in [2.45, 2.75) is 0 Å². The predicted octanol–water partition coefficient (Wildman–Crippen LogP) is 2.17. The molecule has 0 spiro atoms. The molecule has 0 aliphatic carbocycles. The summed E-state index contributed by atoms with van der Waals surface area (Å²) < 4.78 is 14.1. The first-order valence-corrected chi connectivity index (χ1v) is 4.75. The molecule has 1 aromatic heterocycles. The maximum atomic E-state index is 5.05. The minimum atomic E-state index is 0.651. The molecule has 0 aliphatic rings. The maximum absolute atomic E-state index is 5.05. The number of oxazole rings is 1. The van der Waals surface area contributed by atoms with E-state index >= 15 is 0 Å². The topological polar surface area (TPSA) is 70.5 Å². The van der Waals surface area contributed by atoms with Crippen LogP contribution >= 0.6 is 12.3 Å². The van der Waals surface area contributed by atoms with Crippen LogP contribution in [0.25, 0.3) is 11.3 Å². The third-order valence-corrected chi connectivity index (χ3v) is 2.09. The van der Waals surface area contributed by atoms with E-state index in [1.807, 2.05) is 12.1 Å². The Morgan fingerprint density at radius 3 is 2.67 bits per heavy atom. The molecule has 0 saturated carbocycles. The standard InChI is InChI=1S/C9H8N2O3S/c10-14-15-13-8-3-1-7(2-4-8)9-5-12-6-11-9/h1-6H,10H2. The highest BCUT2D eigenvalue weighted by atomic mass is 32.2. The van der Waals surface area contributed by atoms with Gasteiger partial charge in [0.2, 0.25) is 12.3 Å². The van der Waals surface area contributed by atoms with Crippen molar-refractivity contribution >= 4 is 12.3 Å². The molecule has 6 heteroatoms. The molecule has 0 unspecified atom stereocenters. The van der Waals surface area contributed by atoms with Crippen molar-refractivity contribution in [1.29, 1.82) is 0 Å². The lowest BCUT2D eigenvalue weighted by Crippen LogP contribution is -1.91. The number of rotatable bonds is 4. The fraction of sp³-hybridized carbons (Fsp3) is 0. The van der Waals surface area contributed by atoms with Crippen molar-refractivity contribution in [3.8, 4) is 17.0 Å². The molecule has 0 radical (unpaired) electrons. The predicted molar refractivity (Wildman–Crippen MR) is 55.4 cm³/mol. The molecular formula is C9H8N2O3S. The molecular weight excluding hydrogens is 216 g/mol. The number of nitrogens with two attached hydrogens (primary N) is 1. The summed E-state index contributed by atoms with van der Waals surface area (Å²) in [6, 6.07) is 7.31. The third-order valence-electron chi connectivity index (χ3n) is 1.75.